The van der Waals surface area contributed by atoms with E-state index < -0.39 is 6.09 Å². The lowest BCUT2D eigenvalue weighted by atomic mass is 10.2. The molecule has 0 radical (unpaired) electrons. The highest BCUT2D eigenvalue weighted by molar-refractivity contribution is 7.99. The van der Waals surface area contributed by atoms with E-state index in [9.17, 15) is 4.79 Å². The van der Waals surface area contributed by atoms with E-state index >= 15 is 0 Å². The van der Waals surface area contributed by atoms with Crippen LogP contribution in [0.15, 0.2) is 52.3 Å². The molecule has 0 heterocycles. The smallest absolute Gasteiger partial charge is 0.411 e. The second-order valence-corrected chi connectivity index (χ2v) is 5.58. The maximum absolute atomic E-state index is 11.6. The predicted octanol–water partition coefficient (Wildman–Crippen LogP) is 4.42. The van der Waals surface area contributed by atoms with Gasteiger partial charge in [-0.25, -0.2) is 4.79 Å². The number of hydrogen-bond donors (Lipinski definition) is 1. The third-order valence-electron chi connectivity index (χ3n) is 2.97. The monoisotopic (exact) mass is 333 g/mol. The van der Waals surface area contributed by atoms with Crippen LogP contribution in [0.5, 0.6) is 11.5 Å². The van der Waals surface area contributed by atoms with Crippen LogP contribution in [0.4, 0.5) is 10.5 Å². The lowest BCUT2D eigenvalue weighted by Crippen LogP contribution is -2.14. The summed E-state index contributed by atoms with van der Waals surface area (Å²) in [5.74, 6) is 1.18. The number of carbonyl (C=O) groups is 1. The van der Waals surface area contributed by atoms with Gasteiger partial charge in [0, 0.05) is 11.0 Å². The first-order valence-corrected chi connectivity index (χ1v) is 7.92. The third-order valence-corrected chi connectivity index (χ3v) is 4.02. The summed E-state index contributed by atoms with van der Waals surface area (Å²) < 4.78 is 15.7. The molecule has 23 heavy (non-hydrogen) atoms. The highest BCUT2D eigenvalue weighted by atomic mass is 32.2. The van der Waals surface area contributed by atoms with Crippen LogP contribution in [0.1, 0.15) is 6.92 Å². The molecule has 0 bridgehead atoms. The molecule has 1 N–H and O–H groups in total. The number of amides is 1. The number of nitrogens with one attached hydrogen (secondary N) is 1. The number of hydrogen-bond acceptors (Lipinski definition) is 5. The van der Waals surface area contributed by atoms with E-state index in [1.165, 1.54) is 0 Å². The van der Waals surface area contributed by atoms with Crippen molar-refractivity contribution in [3.05, 3.63) is 42.5 Å². The first kappa shape index (κ1) is 17.0. The molecule has 0 aliphatic heterocycles. The van der Waals surface area contributed by atoms with Crippen LogP contribution < -0.4 is 14.8 Å². The number of carbonyl (C=O) groups excluding carboxylic acids is 1. The van der Waals surface area contributed by atoms with Crippen molar-refractivity contribution in [2.45, 2.75) is 16.7 Å². The van der Waals surface area contributed by atoms with E-state index in [2.05, 4.69) is 5.32 Å². The van der Waals surface area contributed by atoms with Crippen LogP contribution in [0.25, 0.3) is 0 Å². The molecule has 0 fully saturated rings. The van der Waals surface area contributed by atoms with Gasteiger partial charge in [-0.15, -0.1) is 0 Å². The van der Waals surface area contributed by atoms with Gasteiger partial charge in [-0.1, -0.05) is 30.0 Å². The summed E-state index contributed by atoms with van der Waals surface area (Å²) in [6.07, 6.45) is -0.531. The number of anilines is 1. The Bertz CT molecular complexity index is 661. The molecule has 2 aromatic rings. The molecule has 0 aromatic heterocycles. The molecular formula is C17H19NO4S. The van der Waals surface area contributed by atoms with Crippen molar-refractivity contribution in [1.82, 2.24) is 0 Å². The Morgan fingerprint density at radius 1 is 1.09 bits per heavy atom. The Morgan fingerprint density at radius 2 is 1.78 bits per heavy atom. The molecule has 0 aliphatic carbocycles. The summed E-state index contributed by atoms with van der Waals surface area (Å²) in [4.78, 5) is 13.6. The standard InChI is InChI=1S/C17H19NO4S/c1-4-22-17(19)18-13-10-15(21-3)16(11-14(13)20-2)23-12-8-6-5-7-9-12/h5-11H,4H2,1-3H3,(H,18,19). The van der Waals surface area contributed by atoms with Crippen molar-refractivity contribution < 1.29 is 19.0 Å². The van der Waals surface area contributed by atoms with E-state index in [0.717, 1.165) is 9.79 Å². The van der Waals surface area contributed by atoms with Gasteiger partial charge in [-0.3, -0.25) is 5.32 Å². The normalized spacial score (nSPS) is 10.0. The summed E-state index contributed by atoms with van der Waals surface area (Å²) in [6, 6.07) is 13.5. The van der Waals surface area contributed by atoms with Gasteiger partial charge in [0.15, 0.2) is 0 Å². The van der Waals surface area contributed by atoms with E-state index in [1.54, 1.807) is 39.0 Å². The fourth-order valence-corrected chi connectivity index (χ4v) is 2.90. The van der Waals surface area contributed by atoms with Gasteiger partial charge in [0.05, 0.1) is 31.4 Å². The summed E-state index contributed by atoms with van der Waals surface area (Å²) >= 11 is 1.56. The fourth-order valence-electron chi connectivity index (χ4n) is 1.94. The minimum absolute atomic E-state index is 0.299. The van der Waals surface area contributed by atoms with Crippen molar-refractivity contribution in [2.24, 2.45) is 0 Å². The van der Waals surface area contributed by atoms with Gasteiger partial charge in [0.1, 0.15) is 11.5 Å². The molecule has 0 spiro atoms. The van der Waals surface area contributed by atoms with E-state index in [1.807, 2.05) is 36.4 Å². The van der Waals surface area contributed by atoms with Crippen LogP contribution in [-0.4, -0.2) is 26.9 Å². The van der Waals surface area contributed by atoms with Crippen LogP contribution >= 0.6 is 11.8 Å². The largest absolute Gasteiger partial charge is 0.495 e. The van der Waals surface area contributed by atoms with Crippen molar-refractivity contribution in [3.63, 3.8) is 0 Å². The first-order valence-electron chi connectivity index (χ1n) is 7.10. The van der Waals surface area contributed by atoms with Crippen LogP contribution in [0.2, 0.25) is 0 Å². The molecule has 0 unspecified atom stereocenters. The molecule has 122 valence electrons. The van der Waals surface area contributed by atoms with Crippen LogP contribution in [0, 0.1) is 0 Å². The molecule has 2 aromatic carbocycles. The quantitative estimate of drug-likeness (QED) is 0.848. The zero-order chi connectivity index (χ0) is 16.7. The second kappa shape index (κ2) is 8.33. The third kappa shape index (κ3) is 4.56. The number of methoxy groups -OCH3 is 2. The van der Waals surface area contributed by atoms with Crippen molar-refractivity contribution in [1.29, 1.82) is 0 Å². The zero-order valence-corrected chi connectivity index (χ0v) is 14.1. The molecular weight excluding hydrogens is 314 g/mol. The minimum Gasteiger partial charge on any atom is -0.495 e. The van der Waals surface area contributed by atoms with E-state index in [-0.39, 0.29) is 0 Å². The summed E-state index contributed by atoms with van der Waals surface area (Å²) in [6.45, 7) is 2.05. The zero-order valence-electron chi connectivity index (χ0n) is 13.3. The van der Waals surface area contributed by atoms with Crippen molar-refractivity contribution in [2.75, 3.05) is 26.1 Å². The fraction of sp³-hybridized carbons (Fsp3) is 0.235. The van der Waals surface area contributed by atoms with Crippen molar-refractivity contribution >= 4 is 23.5 Å². The molecule has 0 saturated carbocycles. The highest BCUT2D eigenvalue weighted by Gasteiger charge is 2.14. The topological polar surface area (TPSA) is 56.8 Å². The number of benzene rings is 2. The Labute approximate surface area is 139 Å². The van der Waals surface area contributed by atoms with Crippen molar-refractivity contribution in [3.8, 4) is 11.5 Å². The van der Waals surface area contributed by atoms with Gasteiger partial charge >= 0.3 is 6.09 Å². The molecule has 0 saturated heterocycles. The Morgan fingerprint density at radius 3 is 2.39 bits per heavy atom. The molecule has 6 heteroatoms. The summed E-state index contributed by atoms with van der Waals surface area (Å²) in [5.41, 5.74) is 0.500. The van der Waals surface area contributed by atoms with E-state index in [4.69, 9.17) is 14.2 Å². The average Bonchev–Trinajstić information content (AvgIpc) is 2.57. The van der Waals surface area contributed by atoms with Gasteiger partial charge in [0.25, 0.3) is 0 Å². The Kier molecular flexibility index (Phi) is 6.17. The number of ether oxygens (including phenoxy) is 3. The summed E-state index contributed by atoms with van der Waals surface area (Å²) in [5, 5.41) is 2.65. The lowest BCUT2D eigenvalue weighted by Gasteiger charge is -2.15. The lowest BCUT2D eigenvalue weighted by molar-refractivity contribution is 0.168. The SMILES string of the molecule is CCOC(=O)Nc1cc(OC)c(Sc2ccccc2)cc1OC. The van der Waals surface area contributed by atoms with Gasteiger partial charge in [-0.05, 0) is 25.1 Å². The first-order chi connectivity index (χ1) is 11.2. The molecule has 1 amide bonds. The Balaban J connectivity index is 2.31. The second-order valence-electron chi connectivity index (χ2n) is 4.46. The highest BCUT2D eigenvalue weighted by Crippen LogP contribution is 2.41. The van der Waals surface area contributed by atoms with Gasteiger partial charge in [-0.2, -0.15) is 0 Å². The van der Waals surface area contributed by atoms with Gasteiger partial charge in [0.2, 0.25) is 0 Å². The number of rotatable bonds is 6. The molecule has 0 aliphatic rings. The van der Waals surface area contributed by atoms with Crippen LogP contribution in [-0.2, 0) is 4.74 Å². The molecule has 2 rings (SSSR count). The maximum atomic E-state index is 11.6. The summed E-state index contributed by atoms with van der Waals surface area (Å²) in [7, 11) is 3.14. The Hall–Kier alpha value is -2.34. The predicted molar refractivity (Wildman–Crippen MR) is 90.8 cm³/mol. The minimum atomic E-state index is -0.531. The van der Waals surface area contributed by atoms with E-state index in [0.29, 0.717) is 23.8 Å². The molecule has 0 atom stereocenters. The maximum Gasteiger partial charge on any atom is 0.411 e. The van der Waals surface area contributed by atoms with Crippen LogP contribution in [0.3, 0.4) is 0 Å². The van der Waals surface area contributed by atoms with Gasteiger partial charge < -0.3 is 14.2 Å². The average molecular weight is 333 g/mol. The molecule has 5 nitrogen and oxygen atoms in total.